The molecule has 194 valence electrons. The Morgan fingerprint density at radius 1 is 1.11 bits per heavy atom. The molecule has 0 radical (unpaired) electrons. The minimum Gasteiger partial charge on any atom is -0.497 e. The first kappa shape index (κ1) is 26.0. The molecule has 8 heteroatoms. The average molecular weight is 494 g/mol. The second kappa shape index (κ2) is 11.8. The average Bonchev–Trinajstić information content (AvgIpc) is 3.26. The van der Waals surface area contributed by atoms with E-state index in [0.29, 0.717) is 25.9 Å². The first-order valence-electron chi connectivity index (χ1n) is 12.8. The Morgan fingerprint density at radius 3 is 2.47 bits per heavy atom. The van der Waals surface area contributed by atoms with Crippen LogP contribution in [0.25, 0.3) is 0 Å². The Kier molecular flexibility index (Phi) is 8.48. The van der Waals surface area contributed by atoms with Gasteiger partial charge in [-0.2, -0.15) is 0 Å². The minimum atomic E-state index is -0.169. The highest BCUT2D eigenvalue weighted by Gasteiger charge is 2.44. The second-order valence-corrected chi connectivity index (χ2v) is 10.1. The number of amides is 2. The number of rotatable bonds is 9. The third kappa shape index (κ3) is 6.17. The molecule has 2 amide bonds. The maximum Gasteiger partial charge on any atom is 0.239 e. The first-order chi connectivity index (χ1) is 17.4. The largest absolute Gasteiger partial charge is 0.497 e. The number of hydrogen-bond acceptors (Lipinski definition) is 6. The van der Waals surface area contributed by atoms with Crippen molar-refractivity contribution in [3.8, 4) is 5.75 Å². The Bertz CT molecular complexity index is 1020. The van der Waals surface area contributed by atoms with Gasteiger partial charge in [-0.15, -0.1) is 0 Å². The molecule has 2 aliphatic rings. The monoisotopic (exact) mass is 493 g/mol. The van der Waals surface area contributed by atoms with Gasteiger partial charge in [0.1, 0.15) is 11.8 Å². The van der Waals surface area contributed by atoms with E-state index in [4.69, 9.17) is 4.74 Å². The molecule has 2 aromatic rings. The van der Waals surface area contributed by atoms with Crippen LogP contribution >= 0.6 is 0 Å². The zero-order chi connectivity index (χ0) is 25.7. The molecule has 0 unspecified atom stereocenters. The first-order valence-corrected chi connectivity index (χ1v) is 12.8. The van der Waals surface area contributed by atoms with Crippen molar-refractivity contribution in [3.05, 3.63) is 59.7 Å². The van der Waals surface area contributed by atoms with Crippen LogP contribution in [0, 0.1) is 0 Å². The zero-order valence-electron chi connectivity index (χ0n) is 21.9. The lowest BCUT2D eigenvalue weighted by Crippen LogP contribution is -2.49. The van der Waals surface area contributed by atoms with E-state index in [-0.39, 0.29) is 29.9 Å². The molecule has 0 bridgehead atoms. The predicted molar refractivity (Wildman–Crippen MR) is 142 cm³/mol. The van der Waals surface area contributed by atoms with Crippen LogP contribution in [-0.4, -0.2) is 81.1 Å². The van der Waals surface area contributed by atoms with Crippen LogP contribution in [0.2, 0.25) is 0 Å². The maximum atomic E-state index is 13.1. The molecular formula is C28H39N5O3. The van der Waals surface area contributed by atoms with Crippen LogP contribution in [0.4, 0.5) is 5.69 Å². The van der Waals surface area contributed by atoms with Gasteiger partial charge in [0.2, 0.25) is 11.8 Å². The van der Waals surface area contributed by atoms with E-state index in [1.54, 1.807) is 7.11 Å². The lowest BCUT2D eigenvalue weighted by Gasteiger charge is -2.33. The van der Waals surface area contributed by atoms with Gasteiger partial charge in [-0.05, 0) is 55.3 Å². The van der Waals surface area contributed by atoms with E-state index in [0.717, 1.165) is 30.8 Å². The van der Waals surface area contributed by atoms with Gasteiger partial charge >= 0.3 is 0 Å². The van der Waals surface area contributed by atoms with Crippen molar-refractivity contribution in [1.29, 1.82) is 0 Å². The van der Waals surface area contributed by atoms with E-state index in [9.17, 15) is 9.59 Å². The van der Waals surface area contributed by atoms with E-state index in [1.807, 2.05) is 38.4 Å². The Labute approximate surface area is 214 Å². The number of ether oxygens (including phenoxy) is 1. The molecule has 2 aromatic carbocycles. The van der Waals surface area contributed by atoms with E-state index < -0.39 is 0 Å². The van der Waals surface area contributed by atoms with Crippen molar-refractivity contribution in [3.63, 3.8) is 0 Å². The van der Waals surface area contributed by atoms with E-state index in [2.05, 4.69) is 56.6 Å². The summed E-state index contributed by atoms with van der Waals surface area (Å²) in [6.07, 6.45) is 2.09. The fourth-order valence-electron chi connectivity index (χ4n) is 5.29. The molecule has 2 saturated heterocycles. The molecule has 2 heterocycles. The molecule has 3 atom stereocenters. The number of likely N-dealkylation sites (N-methyl/N-ethyl adjacent to an activating group) is 1. The van der Waals surface area contributed by atoms with Crippen molar-refractivity contribution in [2.45, 2.75) is 50.5 Å². The Morgan fingerprint density at radius 2 is 1.81 bits per heavy atom. The molecule has 0 aliphatic carbocycles. The molecule has 2 aliphatic heterocycles. The maximum absolute atomic E-state index is 13.1. The van der Waals surface area contributed by atoms with Crippen molar-refractivity contribution >= 4 is 17.5 Å². The molecule has 36 heavy (non-hydrogen) atoms. The van der Waals surface area contributed by atoms with Crippen LogP contribution in [-0.2, 0) is 22.7 Å². The number of benzene rings is 2. The second-order valence-electron chi connectivity index (χ2n) is 10.1. The Balaban J connectivity index is 1.30. The van der Waals surface area contributed by atoms with Gasteiger partial charge in [0.15, 0.2) is 0 Å². The highest BCUT2D eigenvalue weighted by molar-refractivity contribution is 5.83. The van der Waals surface area contributed by atoms with Gasteiger partial charge in [-0.1, -0.05) is 24.3 Å². The van der Waals surface area contributed by atoms with Crippen LogP contribution in [0.3, 0.4) is 0 Å². The van der Waals surface area contributed by atoms with Crippen molar-refractivity contribution in [1.82, 2.24) is 20.4 Å². The predicted octanol–water partition coefficient (Wildman–Crippen LogP) is 2.23. The van der Waals surface area contributed by atoms with Gasteiger partial charge in [0.05, 0.1) is 7.11 Å². The van der Waals surface area contributed by atoms with Gasteiger partial charge in [-0.3, -0.25) is 19.4 Å². The lowest BCUT2D eigenvalue weighted by atomic mass is 10.0. The standard InChI is InChI=1S/C28H39N5O3/c1-31(2)22-9-5-21(6-10-22)19-33-16-15-25-27(33)28(35)30-18-23(32(25)3)11-14-26(34)29-17-20-7-12-24(36-4)13-8-20/h5-10,12-13,23,25,27H,11,14-19H2,1-4H3,(H,29,34)(H,30,35)/t23-,25+,27-/m0/s1. The summed E-state index contributed by atoms with van der Waals surface area (Å²) in [5.41, 5.74) is 3.42. The van der Waals surface area contributed by atoms with Gasteiger partial charge in [0, 0.05) is 64.5 Å². The van der Waals surface area contributed by atoms with Crippen molar-refractivity contribution < 1.29 is 14.3 Å². The SMILES string of the molecule is COc1ccc(CNC(=O)CC[C@H]2CNC(=O)[C@@H]3[C@@H](CCN3Cc3ccc(N(C)C)cc3)N2C)cc1. The molecule has 2 N–H and O–H groups in total. The molecule has 4 rings (SSSR count). The number of anilines is 1. The highest BCUT2D eigenvalue weighted by atomic mass is 16.5. The van der Waals surface area contributed by atoms with Crippen LogP contribution in [0.15, 0.2) is 48.5 Å². The zero-order valence-corrected chi connectivity index (χ0v) is 21.9. The number of carbonyl (C=O) groups is 2. The third-order valence-corrected chi connectivity index (χ3v) is 7.54. The number of carbonyl (C=O) groups excluding carboxylic acids is 2. The number of hydrogen-bond donors (Lipinski definition) is 2. The van der Waals surface area contributed by atoms with Crippen LogP contribution < -0.4 is 20.3 Å². The van der Waals surface area contributed by atoms with E-state index >= 15 is 0 Å². The summed E-state index contributed by atoms with van der Waals surface area (Å²) in [6, 6.07) is 16.4. The summed E-state index contributed by atoms with van der Waals surface area (Å²) in [4.78, 5) is 32.3. The van der Waals surface area contributed by atoms with Crippen molar-refractivity contribution in [2.24, 2.45) is 0 Å². The summed E-state index contributed by atoms with van der Waals surface area (Å²) < 4.78 is 5.18. The molecule has 0 saturated carbocycles. The lowest BCUT2D eigenvalue weighted by molar-refractivity contribution is -0.126. The number of methoxy groups -OCH3 is 1. The fourth-order valence-corrected chi connectivity index (χ4v) is 5.29. The summed E-state index contributed by atoms with van der Waals surface area (Å²) in [5, 5.41) is 6.17. The van der Waals surface area contributed by atoms with Gasteiger partial charge in [-0.25, -0.2) is 0 Å². The summed E-state index contributed by atoms with van der Waals surface area (Å²) in [7, 11) is 7.81. The minimum absolute atomic E-state index is 0.0283. The quantitative estimate of drug-likeness (QED) is 0.558. The topological polar surface area (TPSA) is 77.1 Å². The van der Waals surface area contributed by atoms with Crippen LogP contribution in [0.1, 0.15) is 30.4 Å². The number of nitrogens with zero attached hydrogens (tertiary/aromatic N) is 3. The van der Waals surface area contributed by atoms with Gasteiger partial charge in [0.25, 0.3) is 0 Å². The smallest absolute Gasteiger partial charge is 0.239 e. The molecule has 0 spiro atoms. The number of likely N-dealkylation sites (tertiary alicyclic amines) is 1. The number of fused-ring (bicyclic) bond motifs is 1. The molecule has 2 fully saturated rings. The summed E-state index contributed by atoms with van der Waals surface area (Å²) in [5.74, 6) is 0.927. The van der Waals surface area contributed by atoms with E-state index in [1.165, 1.54) is 11.3 Å². The van der Waals surface area contributed by atoms with Crippen molar-refractivity contribution in [2.75, 3.05) is 46.2 Å². The highest BCUT2D eigenvalue weighted by Crippen LogP contribution is 2.29. The molecule has 0 aromatic heterocycles. The summed E-state index contributed by atoms with van der Waals surface area (Å²) in [6.45, 7) is 2.71. The summed E-state index contributed by atoms with van der Waals surface area (Å²) >= 11 is 0. The van der Waals surface area contributed by atoms with Crippen LogP contribution in [0.5, 0.6) is 5.75 Å². The molecular weight excluding hydrogens is 454 g/mol. The molecule has 8 nitrogen and oxygen atoms in total. The van der Waals surface area contributed by atoms with Gasteiger partial charge < -0.3 is 20.3 Å². The number of nitrogens with one attached hydrogen (secondary N) is 2. The third-order valence-electron chi connectivity index (χ3n) is 7.54. The fraction of sp³-hybridized carbons (Fsp3) is 0.500. The normalized spacial score (nSPS) is 22.4. The Hall–Kier alpha value is -3.10.